The summed E-state index contributed by atoms with van der Waals surface area (Å²) in [5.41, 5.74) is 0.715. The number of fused-ring (bicyclic) bond motifs is 1. The average molecular weight is 359 g/mol. The van der Waals surface area contributed by atoms with Gasteiger partial charge >= 0.3 is 4.87 Å². The fourth-order valence-electron chi connectivity index (χ4n) is 1.87. The van der Waals surface area contributed by atoms with E-state index in [0.717, 1.165) is 17.4 Å². The van der Waals surface area contributed by atoms with E-state index >= 15 is 0 Å². The van der Waals surface area contributed by atoms with Crippen LogP contribution in [0.25, 0.3) is 10.2 Å². The van der Waals surface area contributed by atoms with Crippen molar-refractivity contribution in [2.45, 2.75) is 4.90 Å². The largest absolute Gasteiger partial charge is 0.312 e. The number of halogens is 2. The molecule has 0 aliphatic rings. The highest BCUT2D eigenvalue weighted by atomic mass is 35.5. The van der Waals surface area contributed by atoms with E-state index in [4.69, 9.17) is 11.6 Å². The second kappa shape index (κ2) is 5.38. The summed E-state index contributed by atoms with van der Waals surface area (Å²) in [6.07, 6.45) is 0. The lowest BCUT2D eigenvalue weighted by atomic mass is 10.3. The molecule has 1 heterocycles. The number of thiazole rings is 1. The molecule has 22 heavy (non-hydrogen) atoms. The SMILES string of the molecule is O=c1[nH]c2ccc(S(=O)(=O)Nc3ccc(F)c(Cl)c3)cc2s1. The predicted octanol–water partition coefficient (Wildman–Crippen LogP) is 3.18. The molecule has 0 atom stereocenters. The van der Waals surface area contributed by atoms with E-state index in [1.54, 1.807) is 0 Å². The summed E-state index contributed by atoms with van der Waals surface area (Å²) in [5.74, 6) is -0.636. The lowest BCUT2D eigenvalue weighted by molar-refractivity contribution is 0.601. The molecule has 5 nitrogen and oxygen atoms in total. The molecule has 2 N–H and O–H groups in total. The Morgan fingerprint density at radius 3 is 2.68 bits per heavy atom. The quantitative estimate of drug-likeness (QED) is 0.754. The first-order valence-corrected chi connectivity index (χ1v) is 8.64. The first-order chi connectivity index (χ1) is 10.3. The fraction of sp³-hybridized carbons (Fsp3) is 0. The van der Waals surface area contributed by atoms with Crippen molar-refractivity contribution in [3.8, 4) is 0 Å². The molecule has 0 aliphatic carbocycles. The third-order valence-electron chi connectivity index (χ3n) is 2.87. The van der Waals surface area contributed by atoms with Gasteiger partial charge in [-0.15, -0.1) is 0 Å². The van der Waals surface area contributed by atoms with Gasteiger partial charge in [-0.1, -0.05) is 22.9 Å². The molecule has 0 spiro atoms. The standard InChI is InChI=1S/C13H8ClFN2O3S2/c14-9-5-7(1-3-10(9)15)17-22(19,20)8-2-4-11-12(6-8)21-13(18)16-11/h1-6,17H,(H,16,18). The summed E-state index contributed by atoms with van der Waals surface area (Å²) in [6.45, 7) is 0. The van der Waals surface area contributed by atoms with E-state index in [2.05, 4.69) is 9.71 Å². The summed E-state index contributed by atoms with van der Waals surface area (Å²) in [5, 5.41) is -0.181. The second-order valence-corrected chi connectivity index (χ2v) is 7.51. The summed E-state index contributed by atoms with van der Waals surface area (Å²) < 4.78 is 40.6. The fourth-order valence-corrected chi connectivity index (χ4v) is 3.97. The highest BCUT2D eigenvalue weighted by Crippen LogP contribution is 2.24. The van der Waals surface area contributed by atoms with Crippen molar-refractivity contribution >= 4 is 48.9 Å². The number of anilines is 1. The van der Waals surface area contributed by atoms with Crippen LogP contribution in [0.15, 0.2) is 46.1 Å². The minimum absolute atomic E-state index is 0.00398. The minimum atomic E-state index is -3.87. The van der Waals surface area contributed by atoms with Crippen molar-refractivity contribution < 1.29 is 12.8 Å². The number of hydrogen-bond donors (Lipinski definition) is 2. The molecule has 0 radical (unpaired) electrons. The van der Waals surface area contributed by atoms with Gasteiger partial charge in [-0.05, 0) is 36.4 Å². The molecular weight excluding hydrogens is 351 g/mol. The maximum absolute atomic E-state index is 13.1. The van der Waals surface area contributed by atoms with Crippen molar-refractivity contribution in [3.05, 3.63) is 56.9 Å². The van der Waals surface area contributed by atoms with Crippen molar-refractivity contribution in [2.24, 2.45) is 0 Å². The van der Waals surface area contributed by atoms with Crippen molar-refractivity contribution in [1.29, 1.82) is 0 Å². The number of hydrogen-bond acceptors (Lipinski definition) is 4. The van der Waals surface area contributed by atoms with E-state index in [1.807, 2.05) is 0 Å². The summed E-state index contributed by atoms with van der Waals surface area (Å²) >= 11 is 6.54. The number of aromatic nitrogens is 1. The monoisotopic (exact) mass is 358 g/mol. The van der Waals surface area contributed by atoms with E-state index < -0.39 is 15.8 Å². The van der Waals surface area contributed by atoms with E-state index in [0.29, 0.717) is 10.2 Å². The third kappa shape index (κ3) is 2.85. The Morgan fingerprint density at radius 2 is 1.95 bits per heavy atom. The second-order valence-electron chi connectivity index (χ2n) is 4.41. The molecule has 0 saturated heterocycles. The van der Waals surface area contributed by atoms with Gasteiger partial charge in [0.15, 0.2) is 0 Å². The maximum Gasteiger partial charge on any atom is 0.305 e. The number of sulfonamides is 1. The molecule has 0 unspecified atom stereocenters. The molecule has 9 heteroatoms. The molecule has 0 fully saturated rings. The van der Waals surface area contributed by atoms with Gasteiger partial charge < -0.3 is 4.98 Å². The molecular formula is C13H8ClFN2O3S2. The van der Waals surface area contributed by atoms with Crippen LogP contribution in [0, 0.1) is 5.82 Å². The highest BCUT2D eigenvalue weighted by molar-refractivity contribution is 7.92. The van der Waals surface area contributed by atoms with Gasteiger partial charge in [0, 0.05) is 0 Å². The molecule has 2 aromatic carbocycles. The van der Waals surface area contributed by atoms with E-state index in [9.17, 15) is 17.6 Å². The normalized spacial score (nSPS) is 11.7. The number of rotatable bonds is 3. The van der Waals surface area contributed by atoms with Crippen LogP contribution >= 0.6 is 22.9 Å². The summed E-state index contributed by atoms with van der Waals surface area (Å²) in [7, 11) is -3.87. The number of aromatic amines is 1. The minimum Gasteiger partial charge on any atom is -0.312 e. The molecule has 3 aromatic rings. The van der Waals surface area contributed by atoms with Gasteiger partial charge in [0.25, 0.3) is 10.0 Å². The Balaban J connectivity index is 1.99. The van der Waals surface area contributed by atoms with Crippen molar-refractivity contribution in [2.75, 3.05) is 4.72 Å². The van der Waals surface area contributed by atoms with Gasteiger partial charge in [0.05, 0.1) is 25.8 Å². The van der Waals surface area contributed by atoms with Crippen LogP contribution in [-0.2, 0) is 10.0 Å². The zero-order valence-corrected chi connectivity index (χ0v) is 13.2. The van der Waals surface area contributed by atoms with Crippen molar-refractivity contribution in [1.82, 2.24) is 4.98 Å². The maximum atomic E-state index is 13.1. The van der Waals surface area contributed by atoms with Crippen LogP contribution < -0.4 is 9.60 Å². The Bertz CT molecular complexity index is 1030. The molecule has 0 amide bonds. The van der Waals surface area contributed by atoms with Gasteiger partial charge in [-0.2, -0.15) is 0 Å². The Hall–Kier alpha value is -1.90. The average Bonchev–Trinajstić information content (AvgIpc) is 2.81. The number of H-pyrrole nitrogens is 1. The van der Waals surface area contributed by atoms with E-state index in [-0.39, 0.29) is 20.5 Å². The first-order valence-electron chi connectivity index (χ1n) is 5.96. The van der Waals surface area contributed by atoms with Gasteiger partial charge in [0.2, 0.25) is 0 Å². The molecule has 0 bridgehead atoms. The predicted molar refractivity (Wildman–Crippen MR) is 84.7 cm³/mol. The first kappa shape index (κ1) is 15.0. The van der Waals surface area contributed by atoms with Crippen LogP contribution in [0.4, 0.5) is 10.1 Å². The Labute approximate surface area is 133 Å². The van der Waals surface area contributed by atoms with Crippen molar-refractivity contribution in [3.63, 3.8) is 0 Å². The van der Waals surface area contributed by atoms with Crippen LogP contribution in [0.5, 0.6) is 0 Å². The highest BCUT2D eigenvalue weighted by Gasteiger charge is 2.16. The molecule has 0 aliphatic heterocycles. The Kier molecular flexibility index (Phi) is 3.67. The number of nitrogens with one attached hydrogen (secondary N) is 2. The van der Waals surface area contributed by atoms with Crippen LogP contribution in [-0.4, -0.2) is 13.4 Å². The summed E-state index contributed by atoms with van der Waals surface area (Å²) in [6, 6.07) is 7.80. The Morgan fingerprint density at radius 1 is 1.18 bits per heavy atom. The third-order valence-corrected chi connectivity index (χ3v) is 5.39. The van der Waals surface area contributed by atoms with Crippen LogP contribution in [0.2, 0.25) is 5.02 Å². The van der Waals surface area contributed by atoms with Gasteiger partial charge in [0.1, 0.15) is 5.82 Å². The van der Waals surface area contributed by atoms with Gasteiger partial charge in [-0.25, -0.2) is 12.8 Å². The lowest BCUT2D eigenvalue weighted by Gasteiger charge is -2.08. The topological polar surface area (TPSA) is 79.0 Å². The van der Waals surface area contributed by atoms with Gasteiger partial charge in [-0.3, -0.25) is 9.52 Å². The van der Waals surface area contributed by atoms with Crippen LogP contribution in [0.3, 0.4) is 0 Å². The molecule has 1 aromatic heterocycles. The zero-order valence-electron chi connectivity index (χ0n) is 10.8. The smallest absolute Gasteiger partial charge is 0.305 e. The van der Waals surface area contributed by atoms with E-state index in [1.165, 1.54) is 30.3 Å². The van der Waals surface area contributed by atoms with Crippen LogP contribution in [0.1, 0.15) is 0 Å². The summed E-state index contributed by atoms with van der Waals surface area (Å²) in [4.78, 5) is 13.6. The zero-order chi connectivity index (χ0) is 15.9. The molecule has 0 saturated carbocycles. The molecule has 3 rings (SSSR count). The lowest BCUT2D eigenvalue weighted by Crippen LogP contribution is -2.12. The number of benzene rings is 2. The molecule has 114 valence electrons.